The first-order valence-electron chi connectivity index (χ1n) is 7.21. The molecule has 0 radical (unpaired) electrons. The summed E-state index contributed by atoms with van der Waals surface area (Å²) >= 11 is 0. The Bertz CT molecular complexity index is 1140. The molecule has 0 aliphatic heterocycles. The molecule has 1 aromatic heterocycles. The number of nitriles is 1. The minimum Gasteiger partial charge on any atom is -0.323 e. The minimum absolute atomic E-state index is 0.106. The number of aromatic amines is 1. The largest absolute Gasteiger partial charge is 0.323 e. The molecule has 25 heavy (non-hydrogen) atoms. The number of fused-ring (bicyclic) bond motifs is 1. The summed E-state index contributed by atoms with van der Waals surface area (Å²) in [6.07, 6.45) is 0. The Labute approximate surface area is 140 Å². The molecule has 0 spiro atoms. The highest BCUT2D eigenvalue weighted by Crippen LogP contribution is 2.14. The van der Waals surface area contributed by atoms with E-state index >= 15 is 0 Å². The first kappa shape index (κ1) is 16.1. The van der Waals surface area contributed by atoms with Gasteiger partial charge in [0.25, 0.3) is 0 Å². The van der Waals surface area contributed by atoms with E-state index in [-0.39, 0.29) is 16.6 Å². The van der Waals surface area contributed by atoms with Crippen molar-refractivity contribution in [1.29, 1.82) is 5.26 Å². The fraction of sp³-hybridized carbons (Fsp3) is 0.0588. The summed E-state index contributed by atoms with van der Waals surface area (Å²) in [4.78, 5) is 38.3. The number of nitrogens with zero attached hydrogens (tertiary/aromatic N) is 2. The Kier molecular flexibility index (Phi) is 4.14. The van der Waals surface area contributed by atoms with Crippen molar-refractivity contribution in [3.63, 3.8) is 0 Å². The van der Waals surface area contributed by atoms with Crippen LogP contribution in [0.3, 0.4) is 0 Å². The van der Waals surface area contributed by atoms with Crippen LogP contribution in [-0.2, 0) is 11.3 Å². The molecule has 2 N–H and O–H groups in total. The Hall–Kier alpha value is -3.73. The molecule has 7 nitrogen and oxygen atoms in total. The van der Waals surface area contributed by atoms with Crippen molar-refractivity contribution in [3.05, 3.63) is 74.6 Å². The Morgan fingerprint density at radius 2 is 2.00 bits per heavy atom. The van der Waals surface area contributed by atoms with Crippen molar-refractivity contribution in [3.8, 4) is 6.07 Å². The summed E-state index contributed by atoms with van der Waals surface area (Å²) in [5, 5.41) is 11.6. The lowest BCUT2D eigenvalue weighted by atomic mass is 10.2. The van der Waals surface area contributed by atoms with Gasteiger partial charge < -0.3 is 10.3 Å². The fourth-order valence-electron chi connectivity index (χ4n) is 2.43. The first-order chi connectivity index (χ1) is 12.0. The summed E-state index contributed by atoms with van der Waals surface area (Å²) < 4.78 is 14.3. The van der Waals surface area contributed by atoms with Gasteiger partial charge in [0.1, 0.15) is 18.4 Å². The lowest BCUT2D eigenvalue weighted by Gasteiger charge is -2.11. The predicted molar refractivity (Wildman–Crippen MR) is 88.6 cm³/mol. The van der Waals surface area contributed by atoms with E-state index in [1.807, 2.05) is 6.07 Å². The Balaban J connectivity index is 1.99. The highest BCUT2D eigenvalue weighted by atomic mass is 19.1. The summed E-state index contributed by atoms with van der Waals surface area (Å²) in [5.41, 5.74) is -1.00. The third kappa shape index (κ3) is 3.16. The fourth-order valence-corrected chi connectivity index (χ4v) is 2.43. The zero-order valence-electron chi connectivity index (χ0n) is 12.7. The summed E-state index contributed by atoms with van der Waals surface area (Å²) in [6.45, 7) is -0.454. The molecule has 124 valence electrons. The number of hydrogen-bond donors (Lipinski definition) is 2. The lowest BCUT2D eigenvalue weighted by Crippen LogP contribution is -2.38. The monoisotopic (exact) mass is 338 g/mol. The molecule has 0 aliphatic carbocycles. The number of rotatable bonds is 3. The second-order valence-electron chi connectivity index (χ2n) is 5.21. The Morgan fingerprint density at radius 1 is 1.24 bits per heavy atom. The maximum absolute atomic E-state index is 13.3. The molecular weight excluding hydrogens is 327 g/mol. The number of carbonyl (C=O) groups excluding carboxylic acids is 1. The van der Waals surface area contributed by atoms with Crippen molar-refractivity contribution in [2.75, 3.05) is 5.32 Å². The zero-order valence-corrected chi connectivity index (χ0v) is 12.7. The highest BCUT2D eigenvalue weighted by Gasteiger charge is 2.13. The standard InChI is InChI=1S/C17H11FN4O3/c18-11-5-6-14-13(7-11)21-16(24)17(25)22(14)9-15(23)20-12-4-2-1-3-10(12)8-19/h1-7H,9H2,(H,20,23)(H,21,24). The predicted octanol–water partition coefficient (Wildman–Crippen LogP) is 1.34. The topological polar surface area (TPSA) is 108 Å². The van der Waals surface area contributed by atoms with Crippen LogP contribution < -0.4 is 16.4 Å². The number of para-hydroxylation sites is 1. The number of halogens is 1. The van der Waals surface area contributed by atoms with E-state index in [9.17, 15) is 18.8 Å². The first-order valence-corrected chi connectivity index (χ1v) is 7.21. The van der Waals surface area contributed by atoms with Crippen LogP contribution >= 0.6 is 0 Å². The maximum atomic E-state index is 13.3. The average molecular weight is 338 g/mol. The molecule has 1 amide bonds. The molecule has 0 saturated heterocycles. The summed E-state index contributed by atoms with van der Waals surface area (Å²) in [5.74, 6) is -1.18. The van der Waals surface area contributed by atoms with Gasteiger partial charge in [-0.25, -0.2) is 4.39 Å². The molecule has 0 saturated carbocycles. The third-order valence-corrected chi connectivity index (χ3v) is 3.56. The van der Waals surface area contributed by atoms with E-state index in [4.69, 9.17) is 5.26 Å². The second kappa shape index (κ2) is 6.41. The third-order valence-electron chi connectivity index (χ3n) is 3.56. The number of benzene rings is 2. The average Bonchev–Trinajstić information content (AvgIpc) is 2.59. The SMILES string of the molecule is N#Cc1ccccc1NC(=O)Cn1c(=O)c(=O)[nH]c2cc(F)ccc21. The number of H-pyrrole nitrogens is 1. The quantitative estimate of drug-likeness (QED) is 0.703. The number of anilines is 1. The van der Waals surface area contributed by atoms with Crippen LogP contribution in [0.5, 0.6) is 0 Å². The van der Waals surface area contributed by atoms with Crippen molar-refractivity contribution >= 4 is 22.6 Å². The van der Waals surface area contributed by atoms with Crippen LogP contribution in [0.4, 0.5) is 10.1 Å². The van der Waals surface area contributed by atoms with E-state index < -0.39 is 29.4 Å². The number of aromatic nitrogens is 2. The van der Waals surface area contributed by atoms with Gasteiger partial charge in [-0.3, -0.25) is 19.0 Å². The van der Waals surface area contributed by atoms with Gasteiger partial charge in [-0.1, -0.05) is 12.1 Å². The van der Waals surface area contributed by atoms with E-state index in [2.05, 4.69) is 10.3 Å². The lowest BCUT2D eigenvalue weighted by molar-refractivity contribution is -0.116. The molecule has 0 bridgehead atoms. The molecule has 2 aromatic carbocycles. The number of hydrogen-bond acceptors (Lipinski definition) is 4. The van der Waals surface area contributed by atoms with Crippen molar-refractivity contribution in [2.24, 2.45) is 0 Å². The van der Waals surface area contributed by atoms with Gasteiger partial charge in [-0.15, -0.1) is 0 Å². The van der Waals surface area contributed by atoms with Gasteiger partial charge in [0.2, 0.25) is 5.91 Å². The van der Waals surface area contributed by atoms with Gasteiger partial charge >= 0.3 is 11.1 Å². The van der Waals surface area contributed by atoms with Crippen LogP contribution in [0.2, 0.25) is 0 Å². The molecule has 3 aromatic rings. The molecular formula is C17H11FN4O3. The number of nitrogens with one attached hydrogen (secondary N) is 2. The number of amides is 1. The van der Waals surface area contributed by atoms with Crippen LogP contribution in [0, 0.1) is 17.1 Å². The normalized spacial score (nSPS) is 10.4. The van der Waals surface area contributed by atoms with Crippen LogP contribution in [0.1, 0.15) is 5.56 Å². The van der Waals surface area contributed by atoms with Crippen LogP contribution in [-0.4, -0.2) is 15.5 Å². The second-order valence-corrected chi connectivity index (χ2v) is 5.21. The maximum Gasteiger partial charge on any atom is 0.317 e. The van der Waals surface area contributed by atoms with Crippen molar-refractivity contribution < 1.29 is 9.18 Å². The minimum atomic E-state index is -0.955. The number of carbonyl (C=O) groups is 1. The van der Waals surface area contributed by atoms with E-state index in [1.165, 1.54) is 12.1 Å². The van der Waals surface area contributed by atoms with Gasteiger partial charge in [0.15, 0.2) is 0 Å². The van der Waals surface area contributed by atoms with Gasteiger partial charge in [-0.05, 0) is 30.3 Å². The summed E-state index contributed by atoms with van der Waals surface area (Å²) in [6, 6.07) is 11.8. The molecule has 0 atom stereocenters. The zero-order chi connectivity index (χ0) is 18.0. The molecule has 3 rings (SSSR count). The molecule has 1 heterocycles. The van der Waals surface area contributed by atoms with Crippen LogP contribution in [0.15, 0.2) is 52.1 Å². The van der Waals surface area contributed by atoms with Gasteiger partial charge in [0, 0.05) is 0 Å². The van der Waals surface area contributed by atoms with E-state index in [0.29, 0.717) is 5.69 Å². The smallest absolute Gasteiger partial charge is 0.317 e. The van der Waals surface area contributed by atoms with Crippen molar-refractivity contribution in [1.82, 2.24) is 9.55 Å². The van der Waals surface area contributed by atoms with Gasteiger partial charge in [0.05, 0.1) is 22.3 Å². The van der Waals surface area contributed by atoms with Crippen molar-refractivity contribution in [2.45, 2.75) is 6.54 Å². The molecule has 0 fully saturated rings. The molecule has 0 unspecified atom stereocenters. The highest BCUT2D eigenvalue weighted by molar-refractivity contribution is 5.92. The Morgan fingerprint density at radius 3 is 2.76 bits per heavy atom. The van der Waals surface area contributed by atoms with Gasteiger partial charge in [-0.2, -0.15) is 5.26 Å². The van der Waals surface area contributed by atoms with E-state index in [1.54, 1.807) is 18.2 Å². The summed E-state index contributed by atoms with van der Waals surface area (Å²) in [7, 11) is 0. The molecule has 8 heteroatoms. The van der Waals surface area contributed by atoms with Crippen LogP contribution in [0.25, 0.3) is 11.0 Å². The van der Waals surface area contributed by atoms with E-state index in [0.717, 1.165) is 16.7 Å². The molecule has 0 aliphatic rings.